The average molecular weight is 334 g/mol. The SMILES string of the molecule is COc1cc(Br)c(CNCC(OC)OC)cc1OC. The highest BCUT2D eigenvalue weighted by Crippen LogP contribution is 2.33. The van der Waals surface area contributed by atoms with Gasteiger partial charge >= 0.3 is 0 Å². The summed E-state index contributed by atoms with van der Waals surface area (Å²) in [5.41, 5.74) is 1.07. The number of benzene rings is 1. The Bertz CT molecular complexity index is 396. The van der Waals surface area contributed by atoms with Crippen LogP contribution in [0.5, 0.6) is 11.5 Å². The molecule has 0 radical (unpaired) electrons. The lowest BCUT2D eigenvalue weighted by Crippen LogP contribution is -2.29. The van der Waals surface area contributed by atoms with E-state index in [0.717, 1.165) is 10.0 Å². The minimum Gasteiger partial charge on any atom is -0.493 e. The molecule has 0 fully saturated rings. The van der Waals surface area contributed by atoms with Crippen LogP contribution in [0.15, 0.2) is 16.6 Å². The van der Waals surface area contributed by atoms with Gasteiger partial charge in [0.1, 0.15) is 0 Å². The molecular formula is C13H20BrNO4. The van der Waals surface area contributed by atoms with E-state index in [9.17, 15) is 0 Å². The molecule has 1 aromatic carbocycles. The number of nitrogens with one attached hydrogen (secondary N) is 1. The highest BCUT2D eigenvalue weighted by Gasteiger charge is 2.10. The Hall–Kier alpha value is -0.820. The highest BCUT2D eigenvalue weighted by atomic mass is 79.9. The maximum Gasteiger partial charge on any atom is 0.169 e. The van der Waals surface area contributed by atoms with Crippen LogP contribution in [0.1, 0.15) is 5.56 Å². The smallest absolute Gasteiger partial charge is 0.169 e. The van der Waals surface area contributed by atoms with Gasteiger partial charge in [0, 0.05) is 31.8 Å². The summed E-state index contributed by atoms with van der Waals surface area (Å²) in [6.45, 7) is 1.28. The zero-order valence-electron chi connectivity index (χ0n) is 11.7. The summed E-state index contributed by atoms with van der Waals surface area (Å²) in [6.07, 6.45) is -0.251. The van der Waals surface area contributed by atoms with Gasteiger partial charge in [-0.15, -0.1) is 0 Å². The quantitative estimate of drug-likeness (QED) is 0.739. The van der Waals surface area contributed by atoms with Crippen LogP contribution in [0.2, 0.25) is 0 Å². The Morgan fingerprint density at radius 1 is 1.05 bits per heavy atom. The lowest BCUT2D eigenvalue weighted by atomic mass is 10.2. The van der Waals surface area contributed by atoms with Crippen molar-refractivity contribution in [1.29, 1.82) is 0 Å². The molecular weight excluding hydrogens is 314 g/mol. The van der Waals surface area contributed by atoms with Crippen LogP contribution in [0.25, 0.3) is 0 Å². The minimum absolute atomic E-state index is 0.251. The van der Waals surface area contributed by atoms with E-state index in [2.05, 4.69) is 21.2 Å². The Kier molecular flexibility index (Phi) is 7.15. The third kappa shape index (κ3) is 4.65. The van der Waals surface area contributed by atoms with Crippen molar-refractivity contribution in [1.82, 2.24) is 5.32 Å². The molecule has 0 saturated heterocycles. The van der Waals surface area contributed by atoms with E-state index in [1.165, 1.54) is 0 Å². The van der Waals surface area contributed by atoms with E-state index in [0.29, 0.717) is 24.6 Å². The van der Waals surface area contributed by atoms with Crippen molar-refractivity contribution in [3.63, 3.8) is 0 Å². The van der Waals surface area contributed by atoms with Gasteiger partial charge in [-0.1, -0.05) is 15.9 Å². The van der Waals surface area contributed by atoms with Gasteiger partial charge in [-0.05, 0) is 17.7 Å². The average Bonchev–Trinajstić information content (AvgIpc) is 2.44. The van der Waals surface area contributed by atoms with Gasteiger partial charge < -0.3 is 24.3 Å². The van der Waals surface area contributed by atoms with E-state index in [-0.39, 0.29) is 6.29 Å². The molecule has 0 heterocycles. The third-order valence-electron chi connectivity index (χ3n) is 2.70. The van der Waals surface area contributed by atoms with Crippen molar-refractivity contribution in [2.75, 3.05) is 35.0 Å². The second-order valence-corrected chi connectivity index (χ2v) is 4.68. The predicted molar refractivity (Wildman–Crippen MR) is 76.8 cm³/mol. The monoisotopic (exact) mass is 333 g/mol. The molecule has 5 nitrogen and oxygen atoms in total. The first-order chi connectivity index (χ1) is 9.15. The maximum atomic E-state index is 5.28. The predicted octanol–water partition coefficient (Wildman–Crippen LogP) is 2.17. The van der Waals surface area contributed by atoms with Gasteiger partial charge in [0.15, 0.2) is 17.8 Å². The molecule has 0 bridgehead atoms. The molecule has 19 heavy (non-hydrogen) atoms. The van der Waals surface area contributed by atoms with Crippen molar-refractivity contribution >= 4 is 15.9 Å². The number of methoxy groups -OCH3 is 4. The fourth-order valence-electron chi connectivity index (χ4n) is 1.62. The van der Waals surface area contributed by atoms with Crippen molar-refractivity contribution < 1.29 is 18.9 Å². The summed E-state index contributed by atoms with van der Waals surface area (Å²) < 4.78 is 21.7. The fraction of sp³-hybridized carbons (Fsp3) is 0.538. The van der Waals surface area contributed by atoms with Crippen molar-refractivity contribution in [3.8, 4) is 11.5 Å². The number of rotatable bonds is 8. The molecule has 0 unspecified atom stereocenters. The van der Waals surface area contributed by atoms with Crippen LogP contribution >= 0.6 is 15.9 Å². The largest absolute Gasteiger partial charge is 0.493 e. The first-order valence-corrected chi connectivity index (χ1v) is 6.62. The Morgan fingerprint density at radius 3 is 2.16 bits per heavy atom. The van der Waals surface area contributed by atoms with Crippen LogP contribution in [-0.2, 0) is 16.0 Å². The number of ether oxygens (including phenoxy) is 4. The summed E-state index contributed by atoms with van der Waals surface area (Å²) in [5.74, 6) is 1.40. The molecule has 108 valence electrons. The molecule has 0 amide bonds. The summed E-state index contributed by atoms with van der Waals surface area (Å²) in [7, 11) is 6.46. The zero-order valence-corrected chi connectivity index (χ0v) is 13.2. The standard InChI is InChI=1S/C13H20BrNO4/c1-16-11-5-9(10(14)6-12(11)17-2)7-15-8-13(18-3)19-4/h5-6,13,15H,7-8H2,1-4H3. The fourth-order valence-corrected chi connectivity index (χ4v) is 2.08. The van der Waals surface area contributed by atoms with E-state index in [4.69, 9.17) is 18.9 Å². The summed E-state index contributed by atoms with van der Waals surface area (Å²) in [4.78, 5) is 0. The molecule has 1 rings (SSSR count). The van der Waals surface area contributed by atoms with Gasteiger partial charge in [0.2, 0.25) is 0 Å². The van der Waals surface area contributed by atoms with Crippen LogP contribution in [-0.4, -0.2) is 41.3 Å². The second kappa shape index (κ2) is 8.37. The molecule has 0 aliphatic heterocycles. The minimum atomic E-state index is -0.251. The van der Waals surface area contributed by atoms with Crippen LogP contribution in [0.4, 0.5) is 0 Å². The molecule has 1 N–H and O–H groups in total. The Balaban J connectivity index is 2.68. The molecule has 0 aromatic heterocycles. The van der Waals surface area contributed by atoms with Crippen LogP contribution < -0.4 is 14.8 Å². The van der Waals surface area contributed by atoms with Crippen molar-refractivity contribution in [2.24, 2.45) is 0 Å². The number of hydrogen-bond donors (Lipinski definition) is 1. The third-order valence-corrected chi connectivity index (χ3v) is 3.44. The molecule has 0 atom stereocenters. The Labute approximate surface area is 122 Å². The lowest BCUT2D eigenvalue weighted by molar-refractivity contribution is -0.0989. The first-order valence-electron chi connectivity index (χ1n) is 5.83. The molecule has 0 saturated carbocycles. The molecule has 0 aliphatic rings. The van der Waals surface area contributed by atoms with Gasteiger partial charge in [-0.3, -0.25) is 0 Å². The molecule has 0 aliphatic carbocycles. The molecule has 1 aromatic rings. The highest BCUT2D eigenvalue weighted by molar-refractivity contribution is 9.10. The van der Waals surface area contributed by atoms with Gasteiger partial charge in [-0.25, -0.2) is 0 Å². The number of hydrogen-bond acceptors (Lipinski definition) is 5. The zero-order chi connectivity index (χ0) is 14.3. The van der Waals surface area contributed by atoms with Crippen LogP contribution in [0.3, 0.4) is 0 Å². The summed E-state index contributed by atoms with van der Waals surface area (Å²) >= 11 is 3.51. The van der Waals surface area contributed by atoms with E-state index in [1.54, 1.807) is 28.4 Å². The van der Waals surface area contributed by atoms with Gasteiger partial charge in [0.25, 0.3) is 0 Å². The van der Waals surface area contributed by atoms with Gasteiger partial charge in [0.05, 0.1) is 14.2 Å². The lowest BCUT2D eigenvalue weighted by Gasteiger charge is -2.15. The van der Waals surface area contributed by atoms with E-state index < -0.39 is 0 Å². The summed E-state index contributed by atoms with van der Waals surface area (Å²) in [5, 5.41) is 3.26. The van der Waals surface area contributed by atoms with Crippen LogP contribution in [0, 0.1) is 0 Å². The maximum absolute atomic E-state index is 5.28. The van der Waals surface area contributed by atoms with Crippen molar-refractivity contribution in [2.45, 2.75) is 12.8 Å². The topological polar surface area (TPSA) is 49.0 Å². The molecule has 0 spiro atoms. The van der Waals surface area contributed by atoms with E-state index >= 15 is 0 Å². The second-order valence-electron chi connectivity index (χ2n) is 3.83. The first kappa shape index (κ1) is 16.2. The van der Waals surface area contributed by atoms with Crippen molar-refractivity contribution in [3.05, 3.63) is 22.2 Å². The normalized spacial score (nSPS) is 10.8. The Morgan fingerprint density at radius 2 is 1.63 bits per heavy atom. The number of halogens is 1. The van der Waals surface area contributed by atoms with E-state index in [1.807, 2.05) is 12.1 Å². The summed E-state index contributed by atoms with van der Waals surface area (Å²) in [6, 6.07) is 3.82. The van der Waals surface area contributed by atoms with Gasteiger partial charge in [-0.2, -0.15) is 0 Å². The molecule has 6 heteroatoms.